The molecule has 7 nitrogen and oxygen atoms in total. The van der Waals surface area contributed by atoms with E-state index in [0.717, 1.165) is 30.0 Å². The summed E-state index contributed by atoms with van der Waals surface area (Å²) >= 11 is 0. The number of anilines is 3. The van der Waals surface area contributed by atoms with Crippen LogP contribution in [0.1, 0.15) is 18.2 Å². The molecule has 0 radical (unpaired) electrons. The molecule has 0 aliphatic carbocycles. The number of carbonyl (C=O) groups excluding carboxylic acids is 2. The molecule has 2 amide bonds. The molecule has 7 heteroatoms. The number of ether oxygens (including phenoxy) is 1. The summed E-state index contributed by atoms with van der Waals surface area (Å²) in [7, 11) is 0. The zero-order valence-electron chi connectivity index (χ0n) is 14.5. The monoisotopic (exact) mass is 352 g/mol. The fraction of sp³-hybridized carbons (Fsp3) is 0.263. The van der Waals surface area contributed by atoms with Gasteiger partial charge in [-0.2, -0.15) is 0 Å². The number of benzene rings is 1. The number of aromatic nitrogens is 1. The Balaban J connectivity index is 1.80. The first-order valence-corrected chi connectivity index (χ1v) is 8.57. The second-order valence-electron chi connectivity index (χ2n) is 6.33. The molecule has 0 bridgehead atoms. The zero-order chi connectivity index (χ0) is 18.1. The van der Waals surface area contributed by atoms with Crippen molar-refractivity contribution in [1.29, 1.82) is 0 Å². The summed E-state index contributed by atoms with van der Waals surface area (Å²) in [5.74, 6) is -0.298. The Morgan fingerprint density at radius 1 is 1.31 bits per heavy atom. The summed E-state index contributed by atoms with van der Waals surface area (Å²) < 4.78 is 5.43. The first-order chi connectivity index (χ1) is 12.6. The number of aromatic amines is 1. The van der Waals surface area contributed by atoms with Crippen molar-refractivity contribution in [1.82, 2.24) is 4.98 Å². The molecule has 2 aliphatic rings. The van der Waals surface area contributed by atoms with Crippen LogP contribution in [-0.4, -0.2) is 43.1 Å². The Labute approximate surface area is 151 Å². The number of hydrogen-bond donors (Lipinski definition) is 3. The molecule has 0 unspecified atom stereocenters. The van der Waals surface area contributed by atoms with Crippen LogP contribution < -0.4 is 15.5 Å². The van der Waals surface area contributed by atoms with Crippen molar-refractivity contribution in [3.63, 3.8) is 0 Å². The molecule has 1 fully saturated rings. The van der Waals surface area contributed by atoms with Gasteiger partial charge in [-0.15, -0.1) is 0 Å². The molecule has 3 N–H and O–H groups in total. The maximum atomic E-state index is 12.5. The lowest BCUT2D eigenvalue weighted by Gasteiger charge is -2.31. The topological polar surface area (TPSA) is 86.5 Å². The van der Waals surface area contributed by atoms with Crippen LogP contribution in [0, 0.1) is 0 Å². The van der Waals surface area contributed by atoms with E-state index in [4.69, 9.17) is 4.74 Å². The quantitative estimate of drug-likeness (QED) is 0.740. The van der Waals surface area contributed by atoms with E-state index >= 15 is 0 Å². The van der Waals surface area contributed by atoms with Crippen molar-refractivity contribution in [2.45, 2.75) is 6.92 Å². The number of nitrogens with zero attached hydrogens (tertiary/aromatic N) is 1. The van der Waals surface area contributed by atoms with E-state index in [9.17, 15) is 9.59 Å². The fourth-order valence-corrected chi connectivity index (χ4v) is 3.31. The first kappa shape index (κ1) is 16.4. The number of amides is 2. The van der Waals surface area contributed by atoms with E-state index in [0.29, 0.717) is 30.2 Å². The van der Waals surface area contributed by atoms with E-state index in [1.165, 1.54) is 6.92 Å². The molecular weight excluding hydrogens is 332 g/mol. The van der Waals surface area contributed by atoms with Crippen molar-refractivity contribution in [3.05, 3.63) is 41.7 Å². The van der Waals surface area contributed by atoms with Crippen molar-refractivity contribution >= 4 is 40.5 Å². The van der Waals surface area contributed by atoms with Crippen LogP contribution in [0.3, 0.4) is 0 Å². The number of rotatable bonds is 3. The van der Waals surface area contributed by atoms with Crippen molar-refractivity contribution < 1.29 is 14.3 Å². The minimum atomic E-state index is -0.150. The van der Waals surface area contributed by atoms with E-state index in [-0.39, 0.29) is 11.8 Å². The minimum absolute atomic E-state index is 0.147. The van der Waals surface area contributed by atoms with Gasteiger partial charge in [-0.3, -0.25) is 9.59 Å². The van der Waals surface area contributed by atoms with E-state index in [1.54, 1.807) is 0 Å². The molecule has 1 aromatic heterocycles. The van der Waals surface area contributed by atoms with Crippen LogP contribution in [0.4, 0.5) is 17.1 Å². The average molecular weight is 352 g/mol. The Morgan fingerprint density at radius 2 is 2.12 bits per heavy atom. The summed E-state index contributed by atoms with van der Waals surface area (Å²) in [5.41, 5.74) is 4.60. The lowest BCUT2D eigenvalue weighted by molar-refractivity contribution is -0.114. The summed E-state index contributed by atoms with van der Waals surface area (Å²) in [6.45, 7) is 4.23. The molecule has 0 saturated carbocycles. The third-order valence-electron chi connectivity index (χ3n) is 4.50. The van der Waals surface area contributed by atoms with Gasteiger partial charge in [0, 0.05) is 37.5 Å². The van der Waals surface area contributed by atoms with Gasteiger partial charge in [-0.05, 0) is 30.3 Å². The number of fused-ring (bicyclic) bond motifs is 1. The average Bonchev–Trinajstić information content (AvgIpc) is 3.23. The highest BCUT2D eigenvalue weighted by Gasteiger charge is 2.28. The molecular formula is C19H20N4O3. The number of morpholine rings is 1. The van der Waals surface area contributed by atoms with Crippen LogP contribution in [0.2, 0.25) is 0 Å². The van der Waals surface area contributed by atoms with Gasteiger partial charge in [-0.1, -0.05) is 0 Å². The molecule has 0 atom stereocenters. The van der Waals surface area contributed by atoms with Gasteiger partial charge in [-0.25, -0.2) is 0 Å². The largest absolute Gasteiger partial charge is 0.378 e. The summed E-state index contributed by atoms with van der Waals surface area (Å²) in [5, 5.41) is 5.77. The highest BCUT2D eigenvalue weighted by atomic mass is 16.5. The van der Waals surface area contributed by atoms with Crippen molar-refractivity contribution in [2.24, 2.45) is 0 Å². The lowest BCUT2D eigenvalue weighted by atomic mass is 10.0. The maximum Gasteiger partial charge on any atom is 0.256 e. The Bertz CT molecular complexity index is 880. The highest BCUT2D eigenvalue weighted by molar-refractivity contribution is 6.35. The summed E-state index contributed by atoms with van der Waals surface area (Å²) in [6, 6.07) is 7.60. The summed E-state index contributed by atoms with van der Waals surface area (Å²) in [4.78, 5) is 29.4. The van der Waals surface area contributed by atoms with Gasteiger partial charge < -0.3 is 25.3 Å². The smallest absolute Gasteiger partial charge is 0.256 e. The fourth-order valence-electron chi connectivity index (χ4n) is 3.31. The van der Waals surface area contributed by atoms with Crippen molar-refractivity contribution in [2.75, 3.05) is 41.8 Å². The molecule has 4 rings (SSSR count). The van der Waals surface area contributed by atoms with Gasteiger partial charge in [0.05, 0.1) is 35.8 Å². The molecule has 2 aliphatic heterocycles. The SMILES string of the molecule is CC(=O)Nc1cc2c(cc1N1CCOCC1)/C(=C/c1ccc[nH]1)C(=O)N2. The van der Waals surface area contributed by atoms with E-state index in [2.05, 4.69) is 20.5 Å². The highest BCUT2D eigenvalue weighted by Crippen LogP contribution is 2.40. The minimum Gasteiger partial charge on any atom is -0.378 e. The molecule has 0 spiro atoms. The van der Waals surface area contributed by atoms with Crippen LogP contribution in [0.15, 0.2) is 30.5 Å². The first-order valence-electron chi connectivity index (χ1n) is 8.57. The Hall–Kier alpha value is -3.06. The number of H-pyrrole nitrogens is 1. The van der Waals surface area contributed by atoms with Gasteiger partial charge in [0.2, 0.25) is 5.91 Å². The normalized spacial score (nSPS) is 18.0. The van der Waals surface area contributed by atoms with Gasteiger partial charge >= 0.3 is 0 Å². The van der Waals surface area contributed by atoms with Gasteiger partial charge in [0.15, 0.2) is 0 Å². The molecule has 134 valence electrons. The maximum absolute atomic E-state index is 12.5. The van der Waals surface area contributed by atoms with Crippen LogP contribution in [0.25, 0.3) is 11.6 Å². The van der Waals surface area contributed by atoms with Crippen LogP contribution in [0.5, 0.6) is 0 Å². The number of hydrogen-bond acceptors (Lipinski definition) is 4. The predicted octanol–water partition coefficient (Wildman–Crippen LogP) is 2.30. The van der Waals surface area contributed by atoms with Crippen LogP contribution in [-0.2, 0) is 14.3 Å². The lowest BCUT2D eigenvalue weighted by Crippen LogP contribution is -2.36. The molecule has 2 aromatic rings. The van der Waals surface area contributed by atoms with E-state index < -0.39 is 0 Å². The Morgan fingerprint density at radius 3 is 2.81 bits per heavy atom. The third kappa shape index (κ3) is 3.09. The summed E-state index contributed by atoms with van der Waals surface area (Å²) in [6.07, 6.45) is 3.65. The second-order valence-corrected chi connectivity index (χ2v) is 6.33. The molecule has 26 heavy (non-hydrogen) atoms. The zero-order valence-corrected chi connectivity index (χ0v) is 14.5. The predicted molar refractivity (Wildman–Crippen MR) is 101 cm³/mol. The number of carbonyl (C=O) groups is 2. The van der Waals surface area contributed by atoms with E-state index in [1.807, 2.05) is 36.5 Å². The third-order valence-corrected chi connectivity index (χ3v) is 4.50. The second kappa shape index (κ2) is 6.68. The van der Waals surface area contributed by atoms with Gasteiger partial charge in [0.25, 0.3) is 5.91 Å². The number of nitrogens with one attached hydrogen (secondary N) is 3. The molecule has 1 saturated heterocycles. The van der Waals surface area contributed by atoms with Crippen molar-refractivity contribution in [3.8, 4) is 0 Å². The molecule has 1 aromatic carbocycles. The molecule has 3 heterocycles. The Kier molecular flexibility index (Phi) is 4.22. The van der Waals surface area contributed by atoms with Gasteiger partial charge in [0.1, 0.15) is 0 Å². The van der Waals surface area contributed by atoms with Crippen LogP contribution >= 0.6 is 0 Å². The standard InChI is InChI=1S/C19H20N4O3/c1-12(24)21-17-11-16-14(10-18(17)23-5-7-26-8-6-23)15(19(25)22-16)9-13-3-2-4-20-13/h2-4,9-11,20H,5-8H2,1H3,(H,21,24)(H,22,25)/b15-9-.